The molecule has 5 rings (SSSR count). The molecular weight excluding hydrogens is 356 g/mol. The van der Waals surface area contributed by atoms with Gasteiger partial charge in [-0.2, -0.15) is 0 Å². The highest BCUT2D eigenvalue weighted by Gasteiger charge is 2.29. The van der Waals surface area contributed by atoms with Gasteiger partial charge < -0.3 is 9.32 Å². The van der Waals surface area contributed by atoms with Gasteiger partial charge in [-0.3, -0.25) is 14.3 Å². The number of para-hydroxylation sites is 1. The molecule has 0 spiro atoms. The number of benzene rings is 1. The lowest BCUT2D eigenvalue weighted by molar-refractivity contribution is 0.0628. The summed E-state index contributed by atoms with van der Waals surface area (Å²) >= 11 is 0. The molecule has 144 valence electrons. The maximum Gasteiger partial charge on any atom is 0.289 e. The van der Waals surface area contributed by atoms with Gasteiger partial charge >= 0.3 is 0 Å². The van der Waals surface area contributed by atoms with Crippen molar-refractivity contribution in [3.63, 3.8) is 0 Å². The molecule has 2 fully saturated rings. The molecule has 7 nitrogen and oxygen atoms in total. The second kappa shape index (κ2) is 6.89. The third kappa shape index (κ3) is 3.32. The minimum Gasteiger partial charge on any atom is -0.451 e. The van der Waals surface area contributed by atoms with Crippen LogP contribution in [0.25, 0.3) is 11.0 Å². The molecule has 3 aromatic rings. The summed E-state index contributed by atoms with van der Waals surface area (Å²) in [7, 11) is 0. The average Bonchev–Trinajstić information content (AvgIpc) is 3.47. The molecule has 2 aromatic heterocycles. The van der Waals surface area contributed by atoms with Crippen LogP contribution in [0.3, 0.4) is 0 Å². The van der Waals surface area contributed by atoms with Crippen molar-refractivity contribution in [3.8, 4) is 0 Å². The first-order valence-corrected chi connectivity index (χ1v) is 9.89. The van der Waals surface area contributed by atoms with Gasteiger partial charge in [-0.1, -0.05) is 17.3 Å². The van der Waals surface area contributed by atoms with Crippen molar-refractivity contribution < 1.29 is 9.21 Å². The molecule has 3 heterocycles. The SMILES string of the molecule is O=C(c1cc(=O)c2ccccc2o1)N1CCC[C@@H](Cn2cc(C3CC3)nn2)C1. The first-order chi connectivity index (χ1) is 13.7. The fourth-order valence-corrected chi connectivity index (χ4v) is 4.00. The van der Waals surface area contributed by atoms with E-state index in [0.29, 0.717) is 35.9 Å². The number of likely N-dealkylation sites (tertiary alicyclic amines) is 1. The monoisotopic (exact) mass is 378 g/mol. The van der Waals surface area contributed by atoms with Gasteiger partial charge in [0.15, 0.2) is 11.2 Å². The zero-order chi connectivity index (χ0) is 19.1. The van der Waals surface area contributed by atoms with E-state index in [1.54, 1.807) is 29.2 Å². The number of rotatable bonds is 4. The number of hydrogen-bond donors (Lipinski definition) is 0. The van der Waals surface area contributed by atoms with E-state index in [-0.39, 0.29) is 17.1 Å². The Balaban J connectivity index is 1.31. The lowest BCUT2D eigenvalue weighted by Crippen LogP contribution is -2.41. The number of carbonyl (C=O) groups excluding carboxylic acids is 1. The van der Waals surface area contributed by atoms with Gasteiger partial charge in [0, 0.05) is 37.8 Å². The van der Waals surface area contributed by atoms with E-state index in [1.807, 2.05) is 10.9 Å². The van der Waals surface area contributed by atoms with Crippen LogP contribution in [-0.4, -0.2) is 38.9 Å². The first kappa shape index (κ1) is 17.2. The molecule has 1 atom stereocenters. The van der Waals surface area contributed by atoms with Gasteiger partial charge in [0.25, 0.3) is 5.91 Å². The Hall–Kier alpha value is -2.96. The second-order valence-electron chi connectivity index (χ2n) is 7.87. The van der Waals surface area contributed by atoms with Crippen molar-refractivity contribution >= 4 is 16.9 Å². The van der Waals surface area contributed by atoms with E-state index >= 15 is 0 Å². The van der Waals surface area contributed by atoms with Crippen LogP contribution in [0.2, 0.25) is 0 Å². The van der Waals surface area contributed by atoms with Crippen LogP contribution >= 0.6 is 0 Å². The molecule has 1 amide bonds. The summed E-state index contributed by atoms with van der Waals surface area (Å²) in [5, 5.41) is 9.01. The highest BCUT2D eigenvalue weighted by atomic mass is 16.3. The van der Waals surface area contributed by atoms with Gasteiger partial charge in [-0.25, -0.2) is 0 Å². The number of carbonyl (C=O) groups is 1. The van der Waals surface area contributed by atoms with E-state index in [2.05, 4.69) is 10.3 Å². The molecule has 0 unspecified atom stereocenters. The highest BCUT2D eigenvalue weighted by molar-refractivity contribution is 5.93. The number of nitrogens with zero attached hydrogens (tertiary/aromatic N) is 4. The minimum absolute atomic E-state index is 0.112. The predicted octanol–water partition coefficient (Wildman–Crippen LogP) is 2.81. The lowest BCUT2D eigenvalue weighted by atomic mass is 9.98. The molecule has 0 bridgehead atoms. The predicted molar refractivity (Wildman–Crippen MR) is 103 cm³/mol. The standard InChI is InChI=1S/C21H22N4O3/c26-18-10-20(28-19-6-2-1-5-16(18)19)21(27)24-9-3-4-14(11-24)12-25-13-17(22-23-25)15-7-8-15/h1-2,5-6,10,13-15H,3-4,7-9,11-12H2/t14-/m1/s1. The molecule has 2 aliphatic rings. The molecule has 0 radical (unpaired) electrons. The van der Waals surface area contributed by atoms with E-state index in [1.165, 1.54) is 18.9 Å². The Morgan fingerprint density at radius 1 is 1.21 bits per heavy atom. The second-order valence-corrected chi connectivity index (χ2v) is 7.87. The third-order valence-electron chi connectivity index (χ3n) is 5.65. The van der Waals surface area contributed by atoms with Crippen molar-refractivity contribution in [2.75, 3.05) is 13.1 Å². The van der Waals surface area contributed by atoms with Crippen LogP contribution in [0, 0.1) is 5.92 Å². The van der Waals surface area contributed by atoms with Gasteiger partial charge in [0.2, 0.25) is 0 Å². The number of fused-ring (bicyclic) bond motifs is 1. The molecule has 1 saturated carbocycles. The van der Waals surface area contributed by atoms with Crippen molar-refractivity contribution in [3.05, 3.63) is 58.2 Å². The van der Waals surface area contributed by atoms with Crippen LogP contribution < -0.4 is 5.43 Å². The summed E-state index contributed by atoms with van der Waals surface area (Å²) in [5.74, 6) is 0.804. The Kier molecular flexibility index (Phi) is 4.22. The number of amides is 1. The maximum atomic E-state index is 13.0. The molecule has 1 aromatic carbocycles. The number of hydrogen-bond acceptors (Lipinski definition) is 5. The van der Waals surface area contributed by atoms with Crippen LogP contribution in [0.5, 0.6) is 0 Å². The van der Waals surface area contributed by atoms with Crippen LogP contribution in [0.15, 0.2) is 45.7 Å². The molecule has 1 aliphatic heterocycles. The number of piperidine rings is 1. The molecule has 1 aliphatic carbocycles. The maximum absolute atomic E-state index is 13.0. The zero-order valence-corrected chi connectivity index (χ0v) is 15.6. The van der Waals surface area contributed by atoms with Crippen LogP contribution in [-0.2, 0) is 6.54 Å². The summed E-state index contributed by atoms with van der Waals surface area (Å²) in [5.41, 5.74) is 1.35. The zero-order valence-electron chi connectivity index (χ0n) is 15.6. The van der Waals surface area contributed by atoms with E-state index in [4.69, 9.17) is 4.42 Å². The quantitative estimate of drug-likeness (QED) is 0.697. The van der Waals surface area contributed by atoms with E-state index in [9.17, 15) is 9.59 Å². The van der Waals surface area contributed by atoms with Gasteiger partial charge in [-0.05, 0) is 43.7 Å². The average molecular weight is 378 g/mol. The smallest absolute Gasteiger partial charge is 0.289 e. The van der Waals surface area contributed by atoms with Crippen LogP contribution in [0.4, 0.5) is 0 Å². The van der Waals surface area contributed by atoms with Crippen molar-refractivity contribution in [2.24, 2.45) is 5.92 Å². The summed E-state index contributed by atoms with van der Waals surface area (Å²) < 4.78 is 7.63. The van der Waals surface area contributed by atoms with Crippen molar-refractivity contribution in [2.45, 2.75) is 38.1 Å². The summed E-state index contributed by atoms with van der Waals surface area (Å²) in [4.78, 5) is 27.1. The minimum atomic E-state index is -0.218. The fourth-order valence-electron chi connectivity index (χ4n) is 4.00. The van der Waals surface area contributed by atoms with Gasteiger partial charge in [0.1, 0.15) is 5.58 Å². The highest BCUT2D eigenvalue weighted by Crippen LogP contribution is 2.38. The first-order valence-electron chi connectivity index (χ1n) is 9.89. The Morgan fingerprint density at radius 3 is 2.93 bits per heavy atom. The summed E-state index contributed by atoms with van der Waals surface area (Å²) in [6.07, 6.45) is 6.44. The van der Waals surface area contributed by atoms with Crippen molar-refractivity contribution in [1.82, 2.24) is 19.9 Å². The topological polar surface area (TPSA) is 81.2 Å². The van der Waals surface area contributed by atoms with Gasteiger partial charge in [-0.15, -0.1) is 5.10 Å². The van der Waals surface area contributed by atoms with Crippen LogP contribution in [0.1, 0.15) is 47.8 Å². The van der Waals surface area contributed by atoms with Gasteiger partial charge in [0.05, 0.1) is 11.1 Å². The molecular formula is C21H22N4O3. The Morgan fingerprint density at radius 2 is 2.07 bits per heavy atom. The fraction of sp³-hybridized carbons (Fsp3) is 0.429. The van der Waals surface area contributed by atoms with Crippen molar-refractivity contribution in [1.29, 1.82) is 0 Å². The number of aromatic nitrogens is 3. The largest absolute Gasteiger partial charge is 0.451 e. The molecule has 7 heteroatoms. The summed E-state index contributed by atoms with van der Waals surface area (Å²) in [6.45, 7) is 2.07. The Labute approximate surface area is 161 Å². The summed E-state index contributed by atoms with van der Waals surface area (Å²) in [6, 6.07) is 8.32. The molecule has 0 N–H and O–H groups in total. The third-order valence-corrected chi connectivity index (χ3v) is 5.65. The molecule has 1 saturated heterocycles. The molecule has 28 heavy (non-hydrogen) atoms. The normalized spacial score (nSPS) is 19.9. The lowest BCUT2D eigenvalue weighted by Gasteiger charge is -2.32. The van der Waals surface area contributed by atoms with E-state index < -0.39 is 0 Å². The van der Waals surface area contributed by atoms with E-state index in [0.717, 1.165) is 25.1 Å². The Bertz CT molecular complexity index is 1080.